The van der Waals surface area contributed by atoms with Crippen LogP contribution < -0.4 is 5.32 Å². The normalized spacial score (nSPS) is 15.9. The van der Waals surface area contributed by atoms with Gasteiger partial charge >= 0.3 is 0 Å². The number of morpholine rings is 1. The number of rotatable bonds is 7. The highest BCUT2D eigenvalue weighted by Crippen LogP contribution is 2.30. The molecule has 2 aromatic carbocycles. The summed E-state index contributed by atoms with van der Waals surface area (Å²) in [6.45, 7) is 3.25. The smallest absolute Gasteiger partial charge is 0.299 e. The van der Waals surface area contributed by atoms with Crippen molar-refractivity contribution in [2.24, 2.45) is 0 Å². The molecule has 1 aliphatic rings. The third-order valence-electron chi connectivity index (χ3n) is 4.55. The Bertz CT molecular complexity index is 809. The molecule has 2 aromatic rings. The Morgan fingerprint density at radius 1 is 1.04 bits per heavy atom. The van der Waals surface area contributed by atoms with Gasteiger partial charge in [0.25, 0.3) is 11.4 Å². The van der Waals surface area contributed by atoms with Gasteiger partial charge in [0.2, 0.25) is 0 Å². The lowest BCUT2D eigenvalue weighted by atomic mass is 10.0. The molecule has 27 heavy (non-hydrogen) atoms. The van der Waals surface area contributed by atoms with Crippen LogP contribution in [0.2, 0.25) is 0 Å². The lowest BCUT2D eigenvalue weighted by Crippen LogP contribution is -2.41. The minimum atomic E-state index is -0.642. The van der Waals surface area contributed by atoms with Crippen LogP contribution in [0, 0.1) is 20.2 Å². The Balaban J connectivity index is 1.83. The highest BCUT2D eigenvalue weighted by molar-refractivity contribution is 5.65. The summed E-state index contributed by atoms with van der Waals surface area (Å²) in [5.41, 5.74) is 0.745. The summed E-state index contributed by atoms with van der Waals surface area (Å²) in [6.07, 6.45) is 0. The third kappa shape index (κ3) is 4.57. The number of nitro benzene ring substituents is 2. The maximum Gasteiger partial charge on any atom is 0.299 e. The van der Waals surface area contributed by atoms with Gasteiger partial charge in [0.05, 0.1) is 35.2 Å². The lowest BCUT2D eigenvalue weighted by Gasteiger charge is -2.35. The fourth-order valence-corrected chi connectivity index (χ4v) is 3.16. The summed E-state index contributed by atoms with van der Waals surface area (Å²) < 4.78 is 5.42. The molecule has 1 aliphatic heterocycles. The fourth-order valence-electron chi connectivity index (χ4n) is 3.16. The van der Waals surface area contributed by atoms with Gasteiger partial charge in [-0.3, -0.25) is 25.1 Å². The van der Waals surface area contributed by atoms with Crippen molar-refractivity contribution in [3.05, 3.63) is 74.3 Å². The Morgan fingerprint density at radius 3 is 2.37 bits per heavy atom. The van der Waals surface area contributed by atoms with Gasteiger partial charge in [-0.2, -0.15) is 0 Å². The summed E-state index contributed by atoms with van der Waals surface area (Å²) in [7, 11) is 0. The minimum Gasteiger partial charge on any atom is -0.379 e. The van der Waals surface area contributed by atoms with E-state index in [4.69, 9.17) is 4.74 Å². The third-order valence-corrected chi connectivity index (χ3v) is 4.55. The van der Waals surface area contributed by atoms with E-state index in [-0.39, 0.29) is 23.1 Å². The average Bonchev–Trinajstić information content (AvgIpc) is 2.69. The van der Waals surface area contributed by atoms with Crippen molar-refractivity contribution in [3.8, 4) is 0 Å². The Kier molecular flexibility index (Phi) is 5.94. The van der Waals surface area contributed by atoms with Gasteiger partial charge in [0.1, 0.15) is 5.69 Å². The van der Waals surface area contributed by atoms with Gasteiger partial charge in [0, 0.05) is 25.7 Å². The SMILES string of the molecule is O=[N+]([O-])c1ccc(NCC(c2ccccc2)N2CCOCC2)c([N+](=O)[O-])c1. The molecule has 1 heterocycles. The van der Waals surface area contributed by atoms with E-state index in [0.29, 0.717) is 19.8 Å². The molecule has 1 atom stereocenters. The second-order valence-electron chi connectivity index (χ2n) is 6.17. The monoisotopic (exact) mass is 372 g/mol. The predicted octanol–water partition coefficient (Wildman–Crippen LogP) is 2.99. The van der Waals surface area contributed by atoms with Crippen LogP contribution in [0.25, 0.3) is 0 Å². The van der Waals surface area contributed by atoms with E-state index in [1.807, 2.05) is 30.3 Å². The molecule has 1 fully saturated rings. The molecule has 142 valence electrons. The summed E-state index contributed by atoms with van der Waals surface area (Å²) in [5, 5.41) is 25.3. The van der Waals surface area contributed by atoms with E-state index in [1.54, 1.807) is 0 Å². The minimum absolute atomic E-state index is 0.00453. The molecule has 1 N–H and O–H groups in total. The van der Waals surface area contributed by atoms with Crippen LogP contribution in [0.15, 0.2) is 48.5 Å². The molecule has 0 aromatic heterocycles. The standard InChI is InChI=1S/C18H20N4O5/c23-21(24)15-6-7-16(17(12-15)22(25)26)19-13-18(14-4-2-1-3-5-14)20-8-10-27-11-9-20/h1-7,12,18-19H,8-11,13H2. The maximum absolute atomic E-state index is 11.3. The average molecular weight is 372 g/mol. The number of nitro groups is 2. The molecule has 0 amide bonds. The number of hydrogen-bond donors (Lipinski definition) is 1. The second kappa shape index (κ2) is 8.56. The molecule has 0 aliphatic carbocycles. The predicted molar refractivity (Wildman–Crippen MR) is 99.8 cm³/mol. The van der Waals surface area contributed by atoms with Crippen LogP contribution in [0.3, 0.4) is 0 Å². The number of non-ortho nitro benzene ring substituents is 1. The Hall–Kier alpha value is -3.04. The van der Waals surface area contributed by atoms with E-state index in [1.165, 1.54) is 12.1 Å². The summed E-state index contributed by atoms with van der Waals surface area (Å²) in [4.78, 5) is 23.2. The first kappa shape index (κ1) is 18.7. The number of ether oxygens (including phenoxy) is 1. The fraction of sp³-hybridized carbons (Fsp3) is 0.333. The lowest BCUT2D eigenvalue weighted by molar-refractivity contribution is -0.393. The van der Waals surface area contributed by atoms with Crippen molar-refractivity contribution >= 4 is 17.1 Å². The van der Waals surface area contributed by atoms with E-state index < -0.39 is 9.85 Å². The van der Waals surface area contributed by atoms with Crippen LogP contribution >= 0.6 is 0 Å². The van der Waals surface area contributed by atoms with Crippen molar-refractivity contribution in [1.29, 1.82) is 0 Å². The van der Waals surface area contributed by atoms with Crippen LogP contribution in [0.1, 0.15) is 11.6 Å². The zero-order valence-electron chi connectivity index (χ0n) is 14.6. The highest BCUT2D eigenvalue weighted by Gasteiger charge is 2.24. The molecular formula is C18H20N4O5. The zero-order chi connectivity index (χ0) is 19.2. The number of benzene rings is 2. The molecule has 9 heteroatoms. The van der Waals surface area contributed by atoms with E-state index >= 15 is 0 Å². The number of hydrogen-bond acceptors (Lipinski definition) is 7. The van der Waals surface area contributed by atoms with Crippen LogP contribution in [0.5, 0.6) is 0 Å². The van der Waals surface area contributed by atoms with E-state index in [0.717, 1.165) is 24.7 Å². The zero-order valence-corrected chi connectivity index (χ0v) is 14.6. The number of nitrogens with zero attached hydrogens (tertiary/aromatic N) is 3. The van der Waals surface area contributed by atoms with Gasteiger partial charge in [-0.1, -0.05) is 30.3 Å². The molecule has 1 unspecified atom stereocenters. The van der Waals surface area contributed by atoms with Crippen molar-refractivity contribution in [2.75, 3.05) is 38.2 Å². The summed E-state index contributed by atoms with van der Waals surface area (Å²) >= 11 is 0. The van der Waals surface area contributed by atoms with Crippen LogP contribution in [-0.4, -0.2) is 47.6 Å². The van der Waals surface area contributed by atoms with E-state index in [9.17, 15) is 20.2 Å². The van der Waals surface area contributed by atoms with Gasteiger partial charge in [-0.25, -0.2) is 0 Å². The number of anilines is 1. The maximum atomic E-state index is 11.3. The molecule has 0 spiro atoms. The van der Waals surface area contributed by atoms with Crippen molar-refractivity contribution in [2.45, 2.75) is 6.04 Å². The Labute approximate surface area is 155 Å². The topological polar surface area (TPSA) is 111 Å². The van der Waals surface area contributed by atoms with Gasteiger partial charge in [0.15, 0.2) is 0 Å². The summed E-state index contributed by atoms with van der Waals surface area (Å²) in [6, 6.07) is 13.5. The molecule has 0 saturated carbocycles. The van der Waals surface area contributed by atoms with E-state index in [2.05, 4.69) is 10.2 Å². The molecule has 0 bridgehead atoms. The molecule has 9 nitrogen and oxygen atoms in total. The largest absolute Gasteiger partial charge is 0.379 e. The van der Waals surface area contributed by atoms with Crippen molar-refractivity contribution in [3.63, 3.8) is 0 Å². The highest BCUT2D eigenvalue weighted by atomic mass is 16.6. The quantitative estimate of drug-likeness (QED) is 0.587. The number of nitrogens with one attached hydrogen (secondary N) is 1. The van der Waals surface area contributed by atoms with Gasteiger partial charge in [-0.05, 0) is 11.6 Å². The molecule has 1 saturated heterocycles. The van der Waals surface area contributed by atoms with Crippen molar-refractivity contribution < 1.29 is 14.6 Å². The first-order valence-corrected chi connectivity index (χ1v) is 8.59. The van der Waals surface area contributed by atoms with Gasteiger partial charge < -0.3 is 10.1 Å². The van der Waals surface area contributed by atoms with Crippen LogP contribution in [0.4, 0.5) is 17.1 Å². The second-order valence-corrected chi connectivity index (χ2v) is 6.17. The molecule has 0 radical (unpaired) electrons. The first-order valence-electron chi connectivity index (χ1n) is 8.59. The van der Waals surface area contributed by atoms with Crippen molar-refractivity contribution in [1.82, 2.24) is 4.90 Å². The molecular weight excluding hydrogens is 352 g/mol. The first-order chi connectivity index (χ1) is 13.1. The Morgan fingerprint density at radius 2 is 1.74 bits per heavy atom. The van der Waals surface area contributed by atoms with Gasteiger partial charge in [-0.15, -0.1) is 0 Å². The molecule has 3 rings (SSSR count). The summed E-state index contributed by atoms with van der Waals surface area (Å²) in [5.74, 6) is 0. The van der Waals surface area contributed by atoms with Crippen LogP contribution in [-0.2, 0) is 4.74 Å².